The maximum Gasteiger partial charge on any atom is 0.303 e. The third-order valence-corrected chi connectivity index (χ3v) is 2.61. The van der Waals surface area contributed by atoms with Gasteiger partial charge in [-0.1, -0.05) is 0 Å². The minimum Gasteiger partial charge on any atom is -0.506 e. The number of unbranched alkanes of at least 4 members (excludes halogenated alkanes) is 1. The molecule has 0 atom stereocenters. The molecule has 0 unspecified atom stereocenters. The second-order valence-electron chi connectivity index (χ2n) is 4.10. The average molecular weight is 262 g/mol. The van der Waals surface area contributed by atoms with E-state index in [4.69, 9.17) is 9.52 Å². The van der Waals surface area contributed by atoms with Gasteiger partial charge in [0.2, 0.25) is 0 Å². The molecule has 2 rings (SSSR count). The van der Waals surface area contributed by atoms with Crippen molar-refractivity contribution in [2.24, 2.45) is 0 Å². The fraction of sp³-hybridized carbons (Fsp3) is 0.308. The van der Waals surface area contributed by atoms with Gasteiger partial charge >= 0.3 is 5.97 Å². The van der Waals surface area contributed by atoms with Gasteiger partial charge in [-0.2, -0.15) is 0 Å². The van der Waals surface area contributed by atoms with Crippen molar-refractivity contribution in [1.82, 2.24) is 9.97 Å². The number of oxazole rings is 1. The van der Waals surface area contributed by atoms with E-state index in [2.05, 4.69) is 9.97 Å². The molecule has 0 bridgehead atoms. The Bertz CT molecular complexity index is 565. The summed E-state index contributed by atoms with van der Waals surface area (Å²) in [6.45, 7) is 0. The van der Waals surface area contributed by atoms with E-state index in [1.165, 1.54) is 12.3 Å². The first kappa shape index (κ1) is 13.1. The second-order valence-corrected chi connectivity index (χ2v) is 4.10. The Hall–Kier alpha value is -2.37. The lowest BCUT2D eigenvalue weighted by molar-refractivity contribution is -0.137. The van der Waals surface area contributed by atoms with Crippen LogP contribution in [0.25, 0.3) is 11.4 Å². The van der Waals surface area contributed by atoms with Crippen molar-refractivity contribution in [3.63, 3.8) is 0 Å². The standard InChI is InChI=1S/C13H14N2O4/c16-10-4-3-7-14-13(10)9-8-19-11(15-9)5-1-2-6-12(17)18/h3-4,7-8,16H,1-2,5-6H2,(H,17,18). The summed E-state index contributed by atoms with van der Waals surface area (Å²) in [6.07, 6.45) is 5.00. The van der Waals surface area contributed by atoms with Crippen molar-refractivity contribution in [3.05, 3.63) is 30.5 Å². The largest absolute Gasteiger partial charge is 0.506 e. The van der Waals surface area contributed by atoms with Crippen LogP contribution in [0.1, 0.15) is 25.2 Å². The summed E-state index contributed by atoms with van der Waals surface area (Å²) < 4.78 is 5.27. The van der Waals surface area contributed by atoms with Crippen LogP contribution in [0.15, 0.2) is 29.0 Å². The zero-order valence-corrected chi connectivity index (χ0v) is 10.2. The summed E-state index contributed by atoms with van der Waals surface area (Å²) in [5.41, 5.74) is 0.856. The molecule has 0 aliphatic heterocycles. The van der Waals surface area contributed by atoms with Crippen molar-refractivity contribution < 1.29 is 19.4 Å². The first-order valence-electron chi connectivity index (χ1n) is 5.97. The number of hydrogen-bond acceptors (Lipinski definition) is 5. The summed E-state index contributed by atoms with van der Waals surface area (Å²) in [5.74, 6) is -0.231. The third kappa shape index (κ3) is 3.54. The number of aromatic nitrogens is 2. The van der Waals surface area contributed by atoms with Gasteiger partial charge < -0.3 is 14.6 Å². The first-order valence-corrected chi connectivity index (χ1v) is 5.97. The number of hydrogen-bond donors (Lipinski definition) is 2. The van der Waals surface area contributed by atoms with Crippen LogP contribution in [0.4, 0.5) is 0 Å². The summed E-state index contributed by atoms with van der Waals surface area (Å²) in [7, 11) is 0. The van der Waals surface area contributed by atoms with Crippen LogP contribution in [0.2, 0.25) is 0 Å². The quantitative estimate of drug-likeness (QED) is 0.775. The SMILES string of the molecule is O=C(O)CCCCc1nc(-c2ncccc2O)co1. The normalized spacial score (nSPS) is 10.5. The van der Waals surface area contributed by atoms with Gasteiger partial charge in [-0.25, -0.2) is 4.98 Å². The van der Waals surface area contributed by atoms with Crippen LogP contribution < -0.4 is 0 Å². The highest BCUT2D eigenvalue weighted by Crippen LogP contribution is 2.25. The molecule has 0 radical (unpaired) electrons. The van der Waals surface area contributed by atoms with Gasteiger partial charge in [0, 0.05) is 19.0 Å². The molecule has 2 aromatic heterocycles. The summed E-state index contributed by atoms with van der Waals surface area (Å²) in [4.78, 5) is 18.6. The van der Waals surface area contributed by atoms with E-state index in [1.807, 2.05) is 0 Å². The van der Waals surface area contributed by atoms with E-state index >= 15 is 0 Å². The molecule has 0 saturated heterocycles. The molecule has 100 valence electrons. The maximum atomic E-state index is 10.4. The van der Waals surface area contributed by atoms with Crippen LogP contribution >= 0.6 is 0 Å². The van der Waals surface area contributed by atoms with Gasteiger partial charge in [0.15, 0.2) is 5.89 Å². The Kier molecular flexibility index (Phi) is 4.12. The molecule has 0 amide bonds. The van der Waals surface area contributed by atoms with E-state index in [1.54, 1.807) is 12.3 Å². The topological polar surface area (TPSA) is 96.5 Å². The van der Waals surface area contributed by atoms with E-state index in [-0.39, 0.29) is 12.2 Å². The van der Waals surface area contributed by atoms with Gasteiger partial charge in [0.25, 0.3) is 0 Å². The Labute approximate surface area is 109 Å². The Morgan fingerprint density at radius 3 is 2.95 bits per heavy atom. The number of aliphatic carboxylic acids is 1. The fourth-order valence-electron chi connectivity index (χ4n) is 1.68. The second kappa shape index (κ2) is 5.99. The van der Waals surface area contributed by atoms with Crippen LogP contribution in [-0.2, 0) is 11.2 Å². The van der Waals surface area contributed by atoms with Crippen molar-refractivity contribution >= 4 is 5.97 Å². The lowest BCUT2D eigenvalue weighted by Crippen LogP contribution is -1.95. The molecule has 0 spiro atoms. The van der Waals surface area contributed by atoms with Crippen LogP contribution in [0, 0.1) is 0 Å². The Balaban J connectivity index is 1.96. The fourth-order valence-corrected chi connectivity index (χ4v) is 1.68. The predicted molar refractivity (Wildman–Crippen MR) is 66.6 cm³/mol. The lowest BCUT2D eigenvalue weighted by Gasteiger charge is -1.97. The molecule has 6 heteroatoms. The number of rotatable bonds is 6. The zero-order chi connectivity index (χ0) is 13.7. The van der Waals surface area contributed by atoms with E-state index < -0.39 is 5.97 Å². The van der Waals surface area contributed by atoms with E-state index in [0.29, 0.717) is 36.5 Å². The monoisotopic (exact) mass is 262 g/mol. The summed E-state index contributed by atoms with van der Waals surface area (Å²) >= 11 is 0. The molecule has 2 heterocycles. The molecule has 0 aliphatic carbocycles. The number of pyridine rings is 1. The number of carboxylic acids is 1. The minimum absolute atomic E-state index is 0.0493. The highest BCUT2D eigenvalue weighted by atomic mass is 16.4. The van der Waals surface area contributed by atoms with E-state index in [9.17, 15) is 9.90 Å². The number of aryl methyl sites for hydroxylation is 1. The number of nitrogens with zero attached hydrogens (tertiary/aromatic N) is 2. The van der Waals surface area contributed by atoms with Crippen molar-refractivity contribution in [1.29, 1.82) is 0 Å². The molecule has 0 saturated carbocycles. The van der Waals surface area contributed by atoms with Gasteiger partial charge in [-0.15, -0.1) is 0 Å². The predicted octanol–water partition coefficient (Wildman–Crippen LogP) is 2.24. The van der Waals surface area contributed by atoms with E-state index in [0.717, 1.165) is 0 Å². The molecular weight excluding hydrogens is 248 g/mol. The van der Waals surface area contributed by atoms with Gasteiger partial charge in [-0.05, 0) is 25.0 Å². The summed E-state index contributed by atoms with van der Waals surface area (Å²) in [5, 5.41) is 18.2. The highest BCUT2D eigenvalue weighted by molar-refractivity contribution is 5.66. The molecule has 6 nitrogen and oxygen atoms in total. The van der Waals surface area contributed by atoms with Crippen LogP contribution in [0.3, 0.4) is 0 Å². The Morgan fingerprint density at radius 1 is 1.37 bits per heavy atom. The molecule has 19 heavy (non-hydrogen) atoms. The third-order valence-electron chi connectivity index (χ3n) is 2.61. The number of carbonyl (C=O) groups is 1. The highest BCUT2D eigenvalue weighted by Gasteiger charge is 2.11. The van der Waals surface area contributed by atoms with Gasteiger partial charge in [0.1, 0.15) is 23.4 Å². The molecule has 2 aromatic rings. The van der Waals surface area contributed by atoms with Crippen molar-refractivity contribution in [2.45, 2.75) is 25.7 Å². The van der Waals surface area contributed by atoms with Crippen molar-refractivity contribution in [2.75, 3.05) is 0 Å². The minimum atomic E-state index is -0.800. The zero-order valence-electron chi connectivity index (χ0n) is 10.2. The summed E-state index contributed by atoms with van der Waals surface area (Å²) in [6, 6.07) is 3.16. The average Bonchev–Trinajstić information content (AvgIpc) is 2.83. The molecule has 0 aromatic carbocycles. The molecule has 2 N–H and O–H groups in total. The van der Waals surface area contributed by atoms with Gasteiger partial charge in [-0.3, -0.25) is 9.78 Å². The number of carboxylic acid groups (broad SMARTS) is 1. The first-order chi connectivity index (χ1) is 9.16. The van der Waals surface area contributed by atoms with Crippen LogP contribution in [-0.4, -0.2) is 26.2 Å². The number of aromatic hydroxyl groups is 1. The Morgan fingerprint density at radius 2 is 2.21 bits per heavy atom. The van der Waals surface area contributed by atoms with Crippen molar-refractivity contribution in [3.8, 4) is 17.1 Å². The van der Waals surface area contributed by atoms with Crippen LogP contribution in [0.5, 0.6) is 5.75 Å². The molecular formula is C13H14N2O4. The molecule has 0 fully saturated rings. The maximum absolute atomic E-state index is 10.4. The van der Waals surface area contributed by atoms with Gasteiger partial charge in [0.05, 0.1) is 0 Å². The lowest BCUT2D eigenvalue weighted by atomic mass is 10.2. The molecule has 0 aliphatic rings. The smallest absolute Gasteiger partial charge is 0.303 e.